The molecule has 0 fully saturated rings. The second kappa shape index (κ2) is 3.92. The van der Waals surface area contributed by atoms with Crippen molar-refractivity contribution in [1.82, 2.24) is 4.90 Å². The molecule has 0 saturated heterocycles. The normalized spacial score (nSPS) is 13.2. The van der Waals surface area contributed by atoms with Gasteiger partial charge in [0.1, 0.15) is 0 Å². The predicted molar refractivity (Wildman–Crippen MR) is 61.1 cm³/mol. The highest BCUT2D eigenvalue weighted by Crippen LogP contribution is 2.36. The van der Waals surface area contributed by atoms with Crippen molar-refractivity contribution in [2.75, 3.05) is 7.05 Å². The second-order valence-corrected chi connectivity index (χ2v) is 6.26. The molecule has 14 heavy (non-hydrogen) atoms. The fraction of sp³-hybridized carbons (Fsp3) is 0.917. The van der Waals surface area contributed by atoms with E-state index in [0.717, 1.165) is 0 Å². The van der Waals surface area contributed by atoms with Crippen LogP contribution in [0.25, 0.3) is 0 Å². The molecule has 0 heterocycles. The van der Waals surface area contributed by atoms with Gasteiger partial charge < -0.3 is 4.90 Å². The molecule has 1 amide bonds. The third-order valence-corrected chi connectivity index (χ3v) is 2.52. The lowest BCUT2D eigenvalue weighted by molar-refractivity contribution is -0.135. The summed E-state index contributed by atoms with van der Waals surface area (Å²) in [5.74, 6) is 0.139. The van der Waals surface area contributed by atoms with Gasteiger partial charge >= 0.3 is 0 Å². The molecule has 0 saturated carbocycles. The Bertz CT molecular complexity index is 193. The number of nitrogens with zero attached hydrogens (tertiary/aromatic N) is 1. The molecule has 0 radical (unpaired) electrons. The fourth-order valence-corrected chi connectivity index (χ4v) is 2.64. The molecule has 0 aromatic rings. The Hall–Kier alpha value is -0.530. The molecule has 0 unspecified atom stereocenters. The molecule has 0 aliphatic rings. The minimum absolute atomic E-state index is 0.110. The third kappa shape index (κ3) is 3.32. The highest BCUT2D eigenvalue weighted by atomic mass is 16.2. The van der Waals surface area contributed by atoms with E-state index in [1.54, 1.807) is 6.92 Å². The molecule has 0 aromatic heterocycles. The molecule has 2 nitrogen and oxygen atoms in total. The van der Waals surface area contributed by atoms with Gasteiger partial charge in [-0.25, -0.2) is 0 Å². The van der Waals surface area contributed by atoms with E-state index in [0.29, 0.717) is 0 Å². The van der Waals surface area contributed by atoms with E-state index in [-0.39, 0.29) is 22.8 Å². The van der Waals surface area contributed by atoms with Crippen LogP contribution in [0.1, 0.15) is 48.5 Å². The van der Waals surface area contributed by atoms with Crippen LogP contribution in [0, 0.1) is 10.8 Å². The number of carbonyl (C=O) groups is 1. The van der Waals surface area contributed by atoms with E-state index in [2.05, 4.69) is 41.5 Å². The molecule has 0 aliphatic carbocycles. The molecule has 0 N–H and O–H groups in total. The Balaban J connectivity index is 5.03. The van der Waals surface area contributed by atoms with E-state index in [1.807, 2.05) is 11.9 Å². The third-order valence-electron chi connectivity index (χ3n) is 2.52. The topological polar surface area (TPSA) is 20.3 Å². The van der Waals surface area contributed by atoms with Crippen LogP contribution in [-0.2, 0) is 4.79 Å². The van der Waals surface area contributed by atoms with Crippen molar-refractivity contribution in [3.05, 3.63) is 0 Å². The van der Waals surface area contributed by atoms with Gasteiger partial charge in [0, 0.05) is 20.0 Å². The first-order chi connectivity index (χ1) is 5.98. The van der Waals surface area contributed by atoms with Crippen molar-refractivity contribution >= 4 is 5.91 Å². The lowest BCUT2D eigenvalue weighted by Crippen LogP contribution is -2.51. The van der Waals surface area contributed by atoms with Crippen LogP contribution in [0.3, 0.4) is 0 Å². The molecule has 0 rings (SSSR count). The molecular weight excluding hydrogens is 174 g/mol. The quantitative estimate of drug-likeness (QED) is 0.636. The van der Waals surface area contributed by atoms with Gasteiger partial charge in [-0.15, -0.1) is 0 Å². The highest BCUT2D eigenvalue weighted by Gasteiger charge is 2.38. The minimum Gasteiger partial charge on any atom is -0.342 e. The van der Waals surface area contributed by atoms with Crippen LogP contribution in [-0.4, -0.2) is 23.9 Å². The maximum Gasteiger partial charge on any atom is 0.219 e. The first-order valence-electron chi connectivity index (χ1n) is 5.21. The largest absolute Gasteiger partial charge is 0.342 e. The summed E-state index contributed by atoms with van der Waals surface area (Å²) in [6, 6.07) is 0.257. The van der Waals surface area contributed by atoms with Crippen LogP contribution in [0.4, 0.5) is 0 Å². The summed E-state index contributed by atoms with van der Waals surface area (Å²) in [5, 5.41) is 0. The summed E-state index contributed by atoms with van der Waals surface area (Å²) in [6.45, 7) is 14.7. The van der Waals surface area contributed by atoms with Crippen molar-refractivity contribution in [1.29, 1.82) is 0 Å². The summed E-state index contributed by atoms with van der Waals surface area (Å²) in [6.07, 6.45) is 0. The van der Waals surface area contributed by atoms with Crippen molar-refractivity contribution in [2.24, 2.45) is 10.8 Å². The highest BCUT2D eigenvalue weighted by molar-refractivity contribution is 5.73. The smallest absolute Gasteiger partial charge is 0.219 e. The molecule has 0 bridgehead atoms. The number of carbonyl (C=O) groups excluding carboxylic acids is 1. The Morgan fingerprint density at radius 3 is 1.36 bits per heavy atom. The van der Waals surface area contributed by atoms with Gasteiger partial charge in [-0.05, 0) is 10.8 Å². The van der Waals surface area contributed by atoms with Crippen molar-refractivity contribution in [3.8, 4) is 0 Å². The predicted octanol–water partition coefficient (Wildman–Crippen LogP) is 2.93. The summed E-state index contributed by atoms with van der Waals surface area (Å²) < 4.78 is 0. The van der Waals surface area contributed by atoms with Gasteiger partial charge in [0.2, 0.25) is 5.91 Å². The lowest BCUT2D eigenvalue weighted by atomic mass is 9.71. The molecule has 0 aromatic carbocycles. The van der Waals surface area contributed by atoms with E-state index < -0.39 is 0 Å². The fourth-order valence-electron chi connectivity index (χ4n) is 2.64. The first kappa shape index (κ1) is 13.5. The summed E-state index contributed by atoms with van der Waals surface area (Å²) in [7, 11) is 1.89. The second-order valence-electron chi connectivity index (χ2n) is 6.26. The lowest BCUT2D eigenvalue weighted by Gasteiger charge is -2.46. The molecule has 84 valence electrons. The zero-order valence-corrected chi connectivity index (χ0v) is 10.9. The average molecular weight is 199 g/mol. The Kier molecular flexibility index (Phi) is 3.77. The maximum atomic E-state index is 11.4. The Morgan fingerprint density at radius 2 is 1.29 bits per heavy atom. The average Bonchev–Trinajstić information content (AvgIpc) is 1.79. The monoisotopic (exact) mass is 199 g/mol. The van der Waals surface area contributed by atoms with E-state index in [4.69, 9.17) is 0 Å². The Labute approximate surface area is 88.7 Å². The first-order valence-corrected chi connectivity index (χ1v) is 5.21. The maximum absolute atomic E-state index is 11.4. The van der Waals surface area contributed by atoms with Crippen molar-refractivity contribution < 1.29 is 4.79 Å². The molecule has 0 atom stereocenters. The Morgan fingerprint density at radius 1 is 1.00 bits per heavy atom. The SMILES string of the molecule is CC(=O)N(C)C(C(C)(C)C)C(C)(C)C. The van der Waals surface area contributed by atoms with Crippen molar-refractivity contribution in [3.63, 3.8) is 0 Å². The summed E-state index contributed by atoms with van der Waals surface area (Å²) >= 11 is 0. The van der Waals surface area contributed by atoms with Crippen LogP contribution < -0.4 is 0 Å². The number of rotatable bonds is 1. The van der Waals surface area contributed by atoms with Gasteiger partial charge in [0.25, 0.3) is 0 Å². The van der Waals surface area contributed by atoms with Crippen LogP contribution in [0.2, 0.25) is 0 Å². The van der Waals surface area contributed by atoms with Gasteiger partial charge in [-0.3, -0.25) is 4.79 Å². The van der Waals surface area contributed by atoms with Crippen molar-refractivity contribution in [2.45, 2.75) is 54.5 Å². The molecule has 0 spiro atoms. The number of hydrogen-bond donors (Lipinski definition) is 0. The van der Waals surface area contributed by atoms with Gasteiger partial charge in [0.05, 0.1) is 0 Å². The number of hydrogen-bond acceptors (Lipinski definition) is 1. The van der Waals surface area contributed by atoms with Gasteiger partial charge in [-0.2, -0.15) is 0 Å². The minimum atomic E-state index is 0.110. The van der Waals surface area contributed by atoms with E-state index in [1.165, 1.54) is 0 Å². The zero-order valence-electron chi connectivity index (χ0n) is 10.9. The van der Waals surface area contributed by atoms with Crippen LogP contribution in [0.15, 0.2) is 0 Å². The van der Waals surface area contributed by atoms with Crippen LogP contribution in [0.5, 0.6) is 0 Å². The van der Waals surface area contributed by atoms with Gasteiger partial charge in [-0.1, -0.05) is 41.5 Å². The summed E-state index contributed by atoms with van der Waals surface area (Å²) in [4.78, 5) is 13.3. The zero-order chi connectivity index (χ0) is 11.7. The standard InChI is InChI=1S/C12H25NO/c1-9(14)13(8)10(11(2,3)4)12(5,6)7/h10H,1-8H3. The van der Waals surface area contributed by atoms with E-state index in [9.17, 15) is 4.79 Å². The summed E-state index contributed by atoms with van der Waals surface area (Å²) in [5.41, 5.74) is 0.220. The molecular formula is C12H25NO. The number of amides is 1. The van der Waals surface area contributed by atoms with Crippen LogP contribution >= 0.6 is 0 Å². The van der Waals surface area contributed by atoms with Gasteiger partial charge in [0.15, 0.2) is 0 Å². The molecule has 2 heteroatoms. The molecule has 0 aliphatic heterocycles. The van der Waals surface area contributed by atoms with E-state index >= 15 is 0 Å².